The van der Waals surface area contributed by atoms with Gasteiger partial charge in [-0.15, -0.1) is 0 Å². The summed E-state index contributed by atoms with van der Waals surface area (Å²) < 4.78 is 11.2. The molecule has 0 aromatic heterocycles. The van der Waals surface area contributed by atoms with Gasteiger partial charge in [-0.25, -0.2) is 0 Å². The Morgan fingerprint density at radius 3 is 2.62 bits per heavy atom. The Morgan fingerprint density at radius 2 is 1.92 bits per heavy atom. The normalized spacial score (nSPS) is 11.7. The summed E-state index contributed by atoms with van der Waals surface area (Å²) >= 11 is 6.01. The Hall–Kier alpha value is -2.20. The second-order valence-electron chi connectivity index (χ2n) is 5.58. The largest absolute Gasteiger partial charge is 0.492 e. The average Bonchev–Trinajstić information content (AvgIpc) is 2.56. The maximum absolute atomic E-state index is 12.0. The Bertz CT molecular complexity index is 703. The molecule has 0 heterocycles. The molecule has 0 aliphatic carbocycles. The van der Waals surface area contributed by atoms with Gasteiger partial charge in [-0.1, -0.05) is 29.8 Å². The fourth-order valence-corrected chi connectivity index (χ4v) is 2.26. The number of hydrogen-bond donors (Lipinski definition) is 1. The first-order valence-electron chi connectivity index (χ1n) is 7.86. The van der Waals surface area contributed by atoms with E-state index < -0.39 is 6.10 Å². The summed E-state index contributed by atoms with van der Waals surface area (Å²) in [6, 6.07) is 13.0. The fraction of sp³-hybridized carbons (Fsp3) is 0.316. The third kappa shape index (κ3) is 5.17. The zero-order valence-electron chi connectivity index (χ0n) is 14.1. The van der Waals surface area contributed by atoms with Gasteiger partial charge in [-0.3, -0.25) is 4.79 Å². The first kappa shape index (κ1) is 18.1. The van der Waals surface area contributed by atoms with Crippen molar-refractivity contribution < 1.29 is 14.3 Å². The molecule has 0 bridgehead atoms. The molecule has 0 unspecified atom stereocenters. The Balaban J connectivity index is 1.74. The summed E-state index contributed by atoms with van der Waals surface area (Å²) in [7, 11) is 0. The van der Waals surface area contributed by atoms with Crippen LogP contribution in [0.25, 0.3) is 0 Å². The summed E-state index contributed by atoms with van der Waals surface area (Å²) in [5.74, 6) is 1.08. The van der Waals surface area contributed by atoms with E-state index in [1.807, 2.05) is 37.3 Å². The number of benzene rings is 2. The number of carbonyl (C=O) groups excluding carboxylic acids is 1. The lowest BCUT2D eigenvalue weighted by atomic mass is 10.1. The van der Waals surface area contributed by atoms with Crippen LogP contribution < -0.4 is 14.8 Å². The van der Waals surface area contributed by atoms with Crippen molar-refractivity contribution in [1.82, 2.24) is 5.32 Å². The number of halogens is 1. The monoisotopic (exact) mass is 347 g/mol. The molecule has 128 valence electrons. The molecule has 24 heavy (non-hydrogen) atoms. The van der Waals surface area contributed by atoms with E-state index >= 15 is 0 Å². The summed E-state index contributed by atoms with van der Waals surface area (Å²) in [5.41, 5.74) is 2.40. The molecular weight excluding hydrogens is 326 g/mol. The lowest BCUT2D eigenvalue weighted by molar-refractivity contribution is -0.127. The minimum absolute atomic E-state index is 0.210. The summed E-state index contributed by atoms with van der Waals surface area (Å²) in [5, 5.41) is 3.27. The summed E-state index contributed by atoms with van der Waals surface area (Å²) in [4.78, 5) is 12.0. The lowest BCUT2D eigenvalue weighted by Crippen LogP contribution is -2.38. The molecule has 4 nitrogen and oxygen atoms in total. The van der Waals surface area contributed by atoms with Gasteiger partial charge in [0.1, 0.15) is 18.1 Å². The van der Waals surface area contributed by atoms with Crippen LogP contribution in [0.3, 0.4) is 0 Å². The second-order valence-corrected chi connectivity index (χ2v) is 5.98. The van der Waals surface area contributed by atoms with Gasteiger partial charge in [-0.2, -0.15) is 0 Å². The van der Waals surface area contributed by atoms with Crippen molar-refractivity contribution in [1.29, 1.82) is 0 Å². The fourth-order valence-electron chi connectivity index (χ4n) is 2.07. The van der Waals surface area contributed by atoms with Gasteiger partial charge in [0.05, 0.1) is 11.6 Å². The first-order valence-corrected chi connectivity index (χ1v) is 8.24. The molecule has 1 N–H and O–H groups in total. The predicted molar refractivity (Wildman–Crippen MR) is 96.0 cm³/mol. The molecular formula is C19H22ClNO3. The van der Waals surface area contributed by atoms with Gasteiger partial charge >= 0.3 is 0 Å². The summed E-state index contributed by atoms with van der Waals surface area (Å²) in [6.07, 6.45) is -0.633. The highest BCUT2D eigenvalue weighted by atomic mass is 35.5. The van der Waals surface area contributed by atoms with Crippen LogP contribution in [-0.4, -0.2) is 25.2 Å². The van der Waals surface area contributed by atoms with E-state index in [9.17, 15) is 4.79 Å². The van der Waals surface area contributed by atoms with E-state index in [0.717, 1.165) is 5.75 Å². The minimum Gasteiger partial charge on any atom is -0.492 e. The van der Waals surface area contributed by atoms with Gasteiger partial charge in [0, 0.05) is 0 Å². The second kappa shape index (κ2) is 8.60. The van der Waals surface area contributed by atoms with E-state index in [0.29, 0.717) is 23.9 Å². The number of hydrogen-bond acceptors (Lipinski definition) is 3. The number of para-hydroxylation sites is 1. The first-order chi connectivity index (χ1) is 11.5. The maximum Gasteiger partial charge on any atom is 0.260 e. The third-order valence-electron chi connectivity index (χ3n) is 3.66. The maximum atomic E-state index is 12.0. The Labute approximate surface area is 147 Å². The molecule has 0 saturated carbocycles. The number of ether oxygens (including phenoxy) is 2. The molecule has 5 heteroatoms. The zero-order chi connectivity index (χ0) is 17.5. The standard InChI is InChI=1S/C19H22ClNO3/c1-13-8-9-16(12-14(13)2)23-11-10-21-19(22)15(3)24-18-7-5-4-6-17(18)20/h4-9,12,15H,10-11H2,1-3H3,(H,21,22)/t15-/m1/s1. The van der Waals surface area contributed by atoms with Crippen molar-refractivity contribution >= 4 is 17.5 Å². The molecule has 1 amide bonds. The Kier molecular flexibility index (Phi) is 6.50. The molecule has 1 atom stereocenters. The van der Waals surface area contributed by atoms with E-state index in [1.54, 1.807) is 19.1 Å². The molecule has 2 rings (SSSR count). The predicted octanol–water partition coefficient (Wildman–Crippen LogP) is 3.92. The van der Waals surface area contributed by atoms with Crippen molar-refractivity contribution in [3.05, 3.63) is 58.6 Å². The van der Waals surface area contributed by atoms with Gasteiger partial charge in [-0.05, 0) is 56.2 Å². The molecule has 0 aliphatic heterocycles. The lowest BCUT2D eigenvalue weighted by Gasteiger charge is -2.15. The SMILES string of the molecule is Cc1ccc(OCCNC(=O)[C@@H](C)Oc2ccccc2Cl)cc1C. The van der Waals surface area contributed by atoms with Gasteiger partial charge in [0.25, 0.3) is 5.91 Å². The highest BCUT2D eigenvalue weighted by molar-refractivity contribution is 6.32. The molecule has 0 spiro atoms. The van der Waals surface area contributed by atoms with Crippen molar-refractivity contribution in [2.75, 3.05) is 13.2 Å². The molecule has 0 aliphatic rings. The number of carbonyl (C=O) groups is 1. The van der Waals surface area contributed by atoms with Crippen LogP contribution >= 0.6 is 11.6 Å². The van der Waals surface area contributed by atoms with Crippen LogP contribution in [0, 0.1) is 13.8 Å². The van der Waals surface area contributed by atoms with Crippen molar-refractivity contribution in [2.45, 2.75) is 26.9 Å². The van der Waals surface area contributed by atoms with E-state index in [4.69, 9.17) is 21.1 Å². The van der Waals surface area contributed by atoms with Crippen LogP contribution in [0.15, 0.2) is 42.5 Å². The molecule has 0 saturated heterocycles. The van der Waals surface area contributed by atoms with Crippen LogP contribution in [0.2, 0.25) is 5.02 Å². The van der Waals surface area contributed by atoms with Crippen LogP contribution in [0.1, 0.15) is 18.1 Å². The number of aryl methyl sites for hydroxylation is 2. The van der Waals surface area contributed by atoms with E-state index in [1.165, 1.54) is 11.1 Å². The van der Waals surface area contributed by atoms with Crippen LogP contribution in [0.4, 0.5) is 0 Å². The topological polar surface area (TPSA) is 47.6 Å². The number of nitrogens with one attached hydrogen (secondary N) is 1. The smallest absolute Gasteiger partial charge is 0.260 e. The van der Waals surface area contributed by atoms with Gasteiger partial charge in [0.15, 0.2) is 6.10 Å². The zero-order valence-corrected chi connectivity index (χ0v) is 14.9. The van der Waals surface area contributed by atoms with E-state index in [2.05, 4.69) is 12.2 Å². The Morgan fingerprint density at radius 1 is 1.17 bits per heavy atom. The van der Waals surface area contributed by atoms with Crippen molar-refractivity contribution in [3.8, 4) is 11.5 Å². The van der Waals surface area contributed by atoms with Crippen molar-refractivity contribution in [2.24, 2.45) is 0 Å². The van der Waals surface area contributed by atoms with Crippen LogP contribution in [-0.2, 0) is 4.79 Å². The highest BCUT2D eigenvalue weighted by Crippen LogP contribution is 2.24. The quantitative estimate of drug-likeness (QED) is 0.772. The molecule has 2 aromatic carbocycles. The molecule has 2 aromatic rings. The van der Waals surface area contributed by atoms with Gasteiger partial charge < -0.3 is 14.8 Å². The van der Waals surface area contributed by atoms with E-state index in [-0.39, 0.29) is 5.91 Å². The number of amides is 1. The molecule has 0 radical (unpaired) electrons. The average molecular weight is 348 g/mol. The highest BCUT2D eigenvalue weighted by Gasteiger charge is 2.15. The third-order valence-corrected chi connectivity index (χ3v) is 3.97. The van der Waals surface area contributed by atoms with Crippen molar-refractivity contribution in [3.63, 3.8) is 0 Å². The van der Waals surface area contributed by atoms with Gasteiger partial charge in [0.2, 0.25) is 0 Å². The number of rotatable bonds is 7. The minimum atomic E-state index is -0.633. The van der Waals surface area contributed by atoms with Crippen LogP contribution in [0.5, 0.6) is 11.5 Å². The molecule has 0 fully saturated rings. The summed E-state index contributed by atoms with van der Waals surface area (Å²) in [6.45, 7) is 6.58.